The number of rotatable bonds is 1. The van der Waals surface area contributed by atoms with Gasteiger partial charge in [0.2, 0.25) is 0 Å². The molecule has 1 fully saturated rings. The van der Waals surface area contributed by atoms with Gasteiger partial charge in [0.1, 0.15) is 0 Å². The summed E-state index contributed by atoms with van der Waals surface area (Å²) in [6.45, 7) is 2.15. The standard InChI is InChI=1S/C14H15ClN2.C9H9N/c1-17-6-4-10(5-7-17)13-9-16-14-3-2-11(15)8-12(13)14;10-5-1-2-6-7(3-5)9-4-8(6)9/h2-4,8-9,16H,5-7H2,1H3;1-3,8-9H,4,10H2. The maximum atomic E-state index is 6.07. The number of aromatic amines is 1. The number of nitrogens with one attached hydrogen (secondary N) is 1. The van der Waals surface area contributed by atoms with Crippen LogP contribution in [0.3, 0.4) is 0 Å². The molecular formula is C23H24ClN3. The number of anilines is 1. The summed E-state index contributed by atoms with van der Waals surface area (Å²) in [6.07, 6.45) is 6.90. The molecule has 0 amide bonds. The van der Waals surface area contributed by atoms with Gasteiger partial charge in [0.25, 0.3) is 0 Å². The number of nitrogens with zero attached hydrogens (tertiary/aromatic N) is 1. The first-order chi connectivity index (χ1) is 13.1. The lowest BCUT2D eigenvalue weighted by molar-refractivity contribution is 0.370. The minimum atomic E-state index is 0.798. The summed E-state index contributed by atoms with van der Waals surface area (Å²) >= 11 is 6.07. The number of nitrogen functional groups attached to an aromatic ring is 1. The number of benzene rings is 2. The smallest absolute Gasteiger partial charge is 0.0461 e. The Hall–Kier alpha value is -2.23. The molecule has 1 aliphatic heterocycles. The van der Waals surface area contributed by atoms with Gasteiger partial charge in [-0.1, -0.05) is 23.7 Å². The molecule has 0 bridgehead atoms. The second kappa shape index (κ2) is 6.43. The minimum Gasteiger partial charge on any atom is -0.399 e. The van der Waals surface area contributed by atoms with Crippen molar-refractivity contribution in [3.8, 4) is 0 Å². The summed E-state index contributed by atoms with van der Waals surface area (Å²) in [4.78, 5) is 5.64. The third kappa shape index (κ3) is 3.05. The average molecular weight is 378 g/mol. The van der Waals surface area contributed by atoms with Crippen LogP contribution in [-0.2, 0) is 0 Å². The number of aromatic nitrogens is 1. The highest BCUT2D eigenvalue weighted by atomic mass is 35.5. The zero-order valence-electron chi connectivity index (χ0n) is 15.5. The van der Waals surface area contributed by atoms with Crippen molar-refractivity contribution in [1.29, 1.82) is 0 Å². The van der Waals surface area contributed by atoms with Gasteiger partial charge in [-0.3, -0.25) is 0 Å². The lowest BCUT2D eigenvalue weighted by Crippen LogP contribution is -2.23. The molecule has 0 saturated heterocycles. The zero-order valence-corrected chi connectivity index (χ0v) is 16.3. The normalized spacial score (nSPS) is 22.8. The molecule has 0 spiro atoms. The number of hydrogen-bond acceptors (Lipinski definition) is 2. The zero-order chi connectivity index (χ0) is 18.5. The van der Waals surface area contributed by atoms with Gasteiger partial charge in [0.05, 0.1) is 0 Å². The molecule has 3 aliphatic rings. The third-order valence-electron chi connectivity index (χ3n) is 6.10. The van der Waals surface area contributed by atoms with E-state index in [1.165, 1.54) is 28.5 Å². The lowest BCUT2D eigenvalue weighted by Gasteiger charge is -2.21. The van der Waals surface area contributed by atoms with E-state index in [0.29, 0.717) is 0 Å². The number of hydrogen-bond donors (Lipinski definition) is 2. The van der Waals surface area contributed by atoms with E-state index in [2.05, 4.69) is 41.3 Å². The van der Waals surface area contributed by atoms with E-state index in [-0.39, 0.29) is 0 Å². The fourth-order valence-corrected chi connectivity index (χ4v) is 4.58. The quantitative estimate of drug-likeness (QED) is 0.558. The highest BCUT2D eigenvalue weighted by Crippen LogP contribution is 2.65. The molecule has 3 N–H and O–H groups in total. The van der Waals surface area contributed by atoms with Crippen LogP contribution < -0.4 is 5.73 Å². The summed E-state index contributed by atoms with van der Waals surface area (Å²) in [5, 5.41) is 2.03. The van der Waals surface area contributed by atoms with E-state index in [4.69, 9.17) is 17.3 Å². The Morgan fingerprint density at radius 1 is 1.11 bits per heavy atom. The van der Waals surface area contributed by atoms with Crippen molar-refractivity contribution in [2.45, 2.75) is 24.7 Å². The Balaban J connectivity index is 0.000000135. The van der Waals surface area contributed by atoms with Crippen LogP contribution in [0.25, 0.3) is 16.5 Å². The van der Waals surface area contributed by atoms with E-state index in [1.54, 1.807) is 5.56 Å². The van der Waals surface area contributed by atoms with Gasteiger partial charge < -0.3 is 15.6 Å². The molecule has 2 unspecified atom stereocenters. The number of fused-ring (bicyclic) bond motifs is 5. The van der Waals surface area contributed by atoms with Crippen molar-refractivity contribution in [2.75, 3.05) is 25.9 Å². The first kappa shape index (κ1) is 16.9. The highest BCUT2D eigenvalue weighted by molar-refractivity contribution is 6.31. The maximum absolute atomic E-state index is 6.07. The number of halogens is 1. The SMILES string of the molecule is CN1CC=C(c2c[nH]c3ccc(Cl)cc23)CC1.Nc1ccc2c(c1)C1CC21. The van der Waals surface area contributed by atoms with Crippen LogP contribution in [0.1, 0.15) is 41.4 Å². The van der Waals surface area contributed by atoms with Gasteiger partial charge in [-0.25, -0.2) is 0 Å². The predicted molar refractivity (Wildman–Crippen MR) is 114 cm³/mol. The van der Waals surface area contributed by atoms with Crippen LogP contribution in [0.5, 0.6) is 0 Å². The van der Waals surface area contributed by atoms with Crippen molar-refractivity contribution < 1.29 is 0 Å². The van der Waals surface area contributed by atoms with Crippen LogP contribution >= 0.6 is 11.6 Å². The van der Waals surface area contributed by atoms with Crippen LogP contribution in [0.15, 0.2) is 48.7 Å². The fraction of sp³-hybridized carbons (Fsp3) is 0.304. The van der Waals surface area contributed by atoms with Gasteiger partial charge in [-0.15, -0.1) is 0 Å². The monoisotopic (exact) mass is 377 g/mol. The van der Waals surface area contributed by atoms with Crippen molar-refractivity contribution in [1.82, 2.24) is 9.88 Å². The van der Waals surface area contributed by atoms with E-state index >= 15 is 0 Å². The van der Waals surface area contributed by atoms with E-state index in [1.807, 2.05) is 24.3 Å². The first-order valence-electron chi connectivity index (χ1n) is 9.64. The molecule has 2 aromatic carbocycles. The molecule has 2 aliphatic carbocycles. The third-order valence-corrected chi connectivity index (χ3v) is 6.34. The second-order valence-corrected chi connectivity index (χ2v) is 8.41. The molecule has 1 saturated carbocycles. The molecule has 2 atom stereocenters. The van der Waals surface area contributed by atoms with E-state index < -0.39 is 0 Å². The summed E-state index contributed by atoms with van der Waals surface area (Å²) in [6, 6.07) is 12.3. The Bertz CT molecular complexity index is 1050. The molecule has 6 rings (SSSR count). The molecular weight excluding hydrogens is 354 g/mol. The van der Waals surface area contributed by atoms with Crippen molar-refractivity contribution in [3.05, 3.63) is 70.4 Å². The molecule has 0 radical (unpaired) electrons. The second-order valence-electron chi connectivity index (χ2n) is 7.97. The summed E-state index contributed by atoms with van der Waals surface area (Å²) in [5.41, 5.74) is 13.5. The summed E-state index contributed by atoms with van der Waals surface area (Å²) in [7, 11) is 2.15. The molecule has 2 heterocycles. The first-order valence-corrected chi connectivity index (χ1v) is 10.0. The van der Waals surface area contributed by atoms with Crippen LogP contribution in [0.2, 0.25) is 5.02 Å². The van der Waals surface area contributed by atoms with Gasteiger partial charge >= 0.3 is 0 Å². The van der Waals surface area contributed by atoms with Crippen LogP contribution in [0, 0.1) is 0 Å². The van der Waals surface area contributed by atoms with Crippen molar-refractivity contribution >= 4 is 33.8 Å². The number of H-pyrrole nitrogens is 1. The molecule has 138 valence electrons. The molecule has 4 heteroatoms. The number of likely N-dealkylation sites (N-methyl/N-ethyl adjacent to an activating group) is 1. The Morgan fingerprint density at radius 2 is 1.96 bits per heavy atom. The van der Waals surface area contributed by atoms with Crippen molar-refractivity contribution in [2.24, 2.45) is 0 Å². The van der Waals surface area contributed by atoms with Gasteiger partial charge in [0.15, 0.2) is 0 Å². The Morgan fingerprint density at radius 3 is 2.78 bits per heavy atom. The topological polar surface area (TPSA) is 45.0 Å². The molecule has 3 nitrogen and oxygen atoms in total. The van der Waals surface area contributed by atoms with Crippen LogP contribution in [-0.4, -0.2) is 30.0 Å². The average Bonchev–Trinajstić information content (AvgIpc) is 3.24. The van der Waals surface area contributed by atoms with Crippen molar-refractivity contribution in [3.63, 3.8) is 0 Å². The summed E-state index contributed by atoms with van der Waals surface area (Å²) < 4.78 is 0. The fourth-order valence-electron chi connectivity index (χ4n) is 4.41. The molecule has 27 heavy (non-hydrogen) atoms. The Labute approximate surface area is 164 Å². The highest BCUT2D eigenvalue weighted by Gasteiger charge is 2.50. The Kier molecular flexibility index (Phi) is 4.03. The van der Waals surface area contributed by atoms with Gasteiger partial charge in [-0.2, -0.15) is 0 Å². The lowest BCUT2D eigenvalue weighted by atomic mass is 9.88. The van der Waals surface area contributed by atoms with E-state index in [0.717, 1.165) is 47.6 Å². The molecule has 3 aromatic rings. The van der Waals surface area contributed by atoms with Gasteiger partial charge in [-0.05, 0) is 78.8 Å². The minimum absolute atomic E-state index is 0.798. The number of nitrogens with two attached hydrogens (primary N) is 1. The molecule has 1 aromatic heterocycles. The van der Waals surface area contributed by atoms with Crippen LogP contribution in [0.4, 0.5) is 5.69 Å². The predicted octanol–water partition coefficient (Wildman–Crippen LogP) is 5.39. The van der Waals surface area contributed by atoms with Gasteiger partial charge in [0, 0.05) is 46.5 Å². The maximum Gasteiger partial charge on any atom is 0.0461 e. The summed E-state index contributed by atoms with van der Waals surface area (Å²) in [5.74, 6) is 1.83. The van der Waals surface area contributed by atoms with E-state index in [9.17, 15) is 0 Å². The largest absolute Gasteiger partial charge is 0.399 e.